The molecule has 2 aromatic carbocycles. The Hall–Kier alpha value is -3.65. The lowest BCUT2D eigenvalue weighted by atomic mass is 10.0. The molecule has 0 fully saturated rings. The van der Waals surface area contributed by atoms with Crippen LogP contribution in [0, 0.1) is 6.92 Å². The summed E-state index contributed by atoms with van der Waals surface area (Å²) >= 11 is 1.34. The number of nitrogens with one attached hydrogen (secondary N) is 3. The molecule has 0 bridgehead atoms. The number of alkyl carbamates (subject to hydrolysis) is 1. The quantitative estimate of drug-likeness (QED) is 0.401. The lowest BCUT2D eigenvalue weighted by Gasteiger charge is -2.17. The second kappa shape index (κ2) is 9.44. The first kappa shape index (κ1) is 20.6. The van der Waals surface area contributed by atoms with E-state index < -0.39 is 12.1 Å². The molecule has 0 saturated heterocycles. The van der Waals surface area contributed by atoms with Gasteiger partial charge in [-0.2, -0.15) is 0 Å². The number of fused-ring (bicyclic) bond motifs is 1. The Balaban J connectivity index is 1.48. The summed E-state index contributed by atoms with van der Waals surface area (Å²) in [7, 11) is 0. The van der Waals surface area contributed by atoms with Crippen molar-refractivity contribution in [3.05, 3.63) is 83.0 Å². The number of para-hydroxylation sites is 1. The molecule has 3 N–H and O–H groups in total. The molecule has 0 unspecified atom stereocenters. The molecule has 2 amide bonds. The number of hydrogen-bond donors (Lipinski definition) is 3. The number of rotatable bonds is 7. The molecular weight excluding hydrogens is 412 g/mol. The monoisotopic (exact) mass is 434 g/mol. The number of aromatic amines is 1. The van der Waals surface area contributed by atoms with Gasteiger partial charge in [0.15, 0.2) is 5.13 Å². The van der Waals surface area contributed by atoms with Crippen molar-refractivity contribution in [2.75, 3.05) is 5.32 Å². The van der Waals surface area contributed by atoms with Gasteiger partial charge in [0.2, 0.25) is 5.91 Å². The van der Waals surface area contributed by atoms with Gasteiger partial charge in [-0.25, -0.2) is 9.78 Å². The Bertz CT molecular complexity index is 1190. The van der Waals surface area contributed by atoms with Crippen molar-refractivity contribution in [2.24, 2.45) is 0 Å². The number of H-pyrrole nitrogens is 1. The van der Waals surface area contributed by atoms with Crippen LogP contribution in [0.2, 0.25) is 0 Å². The van der Waals surface area contributed by atoms with E-state index in [0.29, 0.717) is 11.6 Å². The van der Waals surface area contributed by atoms with Crippen molar-refractivity contribution in [3.63, 3.8) is 0 Å². The molecule has 8 heteroatoms. The number of amides is 2. The highest BCUT2D eigenvalue weighted by Crippen LogP contribution is 2.20. The molecular formula is C23H22N4O3S. The van der Waals surface area contributed by atoms with Crippen LogP contribution in [0.25, 0.3) is 10.9 Å². The third-order valence-electron chi connectivity index (χ3n) is 4.77. The second-order valence-corrected chi connectivity index (χ2v) is 7.96. The van der Waals surface area contributed by atoms with Gasteiger partial charge in [0.1, 0.15) is 12.6 Å². The molecule has 4 aromatic rings. The minimum atomic E-state index is -0.827. The van der Waals surface area contributed by atoms with Crippen LogP contribution in [-0.4, -0.2) is 28.0 Å². The summed E-state index contributed by atoms with van der Waals surface area (Å²) in [6, 6.07) is 16.4. The fourth-order valence-electron chi connectivity index (χ4n) is 3.24. The van der Waals surface area contributed by atoms with Gasteiger partial charge in [-0.1, -0.05) is 48.5 Å². The van der Waals surface area contributed by atoms with Gasteiger partial charge < -0.3 is 20.4 Å². The van der Waals surface area contributed by atoms with Crippen LogP contribution >= 0.6 is 11.3 Å². The summed E-state index contributed by atoms with van der Waals surface area (Å²) in [5.74, 6) is -0.351. The van der Waals surface area contributed by atoms with Gasteiger partial charge >= 0.3 is 6.09 Å². The van der Waals surface area contributed by atoms with Gasteiger partial charge in [-0.15, -0.1) is 11.3 Å². The Kier molecular flexibility index (Phi) is 6.28. The molecule has 0 spiro atoms. The maximum atomic E-state index is 13.0. The van der Waals surface area contributed by atoms with Crippen LogP contribution in [0.3, 0.4) is 0 Å². The number of hydrogen-bond acceptors (Lipinski definition) is 5. The fraction of sp³-hybridized carbons (Fsp3) is 0.174. The van der Waals surface area contributed by atoms with Gasteiger partial charge in [-0.3, -0.25) is 4.79 Å². The number of benzene rings is 2. The number of carbonyl (C=O) groups excluding carboxylic acids is 2. The topological polar surface area (TPSA) is 96.1 Å². The number of carbonyl (C=O) groups is 2. The highest BCUT2D eigenvalue weighted by molar-refractivity contribution is 7.13. The van der Waals surface area contributed by atoms with Crippen molar-refractivity contribution < 1.29 is 14.3 Å². The molecule has 0 aliphatic rings. The lowest BCUT2D eigenvalue weighted by Crippen LogP contribution is -2.45. The third kappa shape index (κ3) is 5.29. The van der Waals surface area contributed by atoms with E-state index in [1.54, 1.807) is 0 Å². The zero-order valence-corrected chi connectivity index (χ0v) is 17.7. The molecule has 7 nitrogen and oxygen atoms in total. The van der Waals surface area contributed by atoms with Gasteiger partial charge in [0, 0.05) is 28.9 Å². The fourth-order valence-corrected chi connectivity index (χ4v) is 3.93. The van der Waals surface area contributed by atoms with E-state index in [0.717, 1.165) is 27.7 Å². The molecule has 0 radical (unpaired) electrons. The minimum Gasteiger partial charge on any atom is -0.445 e. The summed E-state index contributed by atoms with van der Waals surface area (Å²) in [5.41, 5.74) is 3.59. The predicted octanol–water partition coefficient (Wildman–Crippen LogP) is 4.41. The molecule has 0 aliphatic heterocycles. The van der Waals surface area contributed by atoms with Crippen LogP contribution in [0.5, 0.6) is 0 Å². The number of nitrogens with zero attached hydrogens (tertiary/aromatic N) is 1. The van der Waals surface area contributed by atoms with Crippen LogP contribution in [-0.2, 0) is 22.6 Å². The molecule has 2 heterocycles. The van der Waals surface area contributed by atoms with E-state index >= 15 is 0 Å². The average Bonchev–Trinajstić information content (AvgIpc) is 3.38. The largest absolute Gasteiger partial charge is 0.445 e. The second-order valence-electron chi connectivity index (χ2n) is 7.11. The summed E-state index contributed by atoms with van der Waals surface area (Å²) < 4.78 is 5.32. The predicted molar refractivity (Wildman–Crippen MR) is 121 cm³/mol. The van der Waals surface area contributed by atoms with E-state index in [1.165, 1.54) is 11.3 Å². The Morgan fingerprint density at radius 1 is 1.13 bits per heavy atom. The highest BCUT2D eigenvalue weighted by atomic mass is 32.1. The Labute approximate surface area is 183 Å². The standard InChI is InChI=1S/C23H22N4O3S/c1-15-14-31-22(25-15)27-21(28)20(11-17-12-24-19-10-6-5-9-18(17)19)26-23(29)30-13-16-7-3-2-4-8-16/h2-10,12,14,20,24H,11,13H2,1H3,(H,26,29)(H,25,27,28)/t20-/m0/s1. The van der Waals surface area contributed by atoms with Crippen molar-refractivity contribution in [2.45, 2.75) is 26.0 Å². The SMILES string of the molecule is Cc1csc(NC(=O)[C@H](Cc2c[nH]c3ccccc23)NC(=O)OCc2ccccc2)n1. The zero-order chi connectivity index (χ0) is 21.6. The number of aryl methyl sites for hydroxylation is 1. The zero-order valence-electron chi connectivity index (χ0n) is 16.9. The number of anilines is 1. The van der Waals surface area contributed by atoms with Crippen LogP contribution in [0.1, 0.15) is 16.8 Å². The summed E-state index contributed by atoms with van der Waals surface area (Å²) in [4.78, 5) is 32.9. The van der Waals surface area contributed by atoms with Gasteiger partial charge in [-0.05, 0) is 24.1 Å². The normalized spacial score (nSPS) is 11.8. The maximum Gasteiger partial charge on any atom is 0.408 e. The molecule has 0 aliphatic carbocycles. The van der Waals surface area contributed by atoms with E-state index in [2.05, 4.69) is 20.6 Å². The number of thiazole rings is 1. The van der Waals surface area contributed by atoms with E-state index in [4.69, 9.17) is 4.74 Å². The first-order valence-corrected chi connectivity index (χ1v) is 10.7. The van der Waals surface area contributed by atoms with Crippen LogP contribution < -0.4 is 10.6 Å². The molecule has 4 rings (SSSR count). The smallest absolute Gasteiger partial charge is 0.408 e. The first-order valence-electron chi connectivity index (χ1n) is 9.83. The number of aromatic nitrogens is 2. The molecule has 0 saturated carbocycles. The van der Waals surface area contributed by atoms with Crippen molar-refractivity contribution in [1.29, 1.82) is 0 Å². The lowest BCUT2D eigenvalue weighted by molar-refractivity contribution is -0.118. The van der Waals surface area contributed by atoms with Gasteiger partial charge in [0.05, 0.1) is 5.69 Å². The van der Waals surface area contributed by atoms with E-state index in [1.807, 2.05) is 73.1 Å². The van der Waals surface area contributed by atoms with Gasteiger partial charge in [0.25, 0.3) is 0 Å². The molecule has 31 heavy (non-hydrogen) atoms. The summed E-state index contributed by atoms with van der Waals surface area (Å²) in [6.07, 6.45) is 1.51. The first-order chi connectivity index (χ1) is 15.1. The summed E-state index contributed by atoms with van der Waals surface area (Å²) in [5, 5.41) is 8.85. The van der Waals surface area contributed by atoms with Crippen LogP contribution in [0.4, 0.5) is 9.93 Å². The maximum absolute atomic E-state index is 13.0. The minimum absolute atomic E-state index is 0.125. The Morgan fingerprint density at radius 2 is 1.90 bits per heavy atom. The van der Waals surface area contributed by atoms with E-state index in [9.17, 15) is 9.59 Å². The molecule has 1 atom stereocenters. The van der Waals surface area contributed by atoms with Crippen molar-refractivity contribution >= 4 is 39.4 Å². The van der Waals surface area contributed by atoms with E-state index in [-0.39, 0.29) is 12.5 Å². The average molecular weight is 435 g/mol. The Morgan fingerprint density at radius 3 is 2.68 bits per heavy atom. The third-order valence-corrected chi connectivity index (χ3v) is 5.64. The number of ether oxygens (including phenoxy) is 1. The van der Waals surface area contributed by atoms with Crippen molar-refractivity contribution in [3.8, 4) is 0 Å². The van der Waals surface area contributed by atoms with Crippen molar-refractivity contribution in [1.82, 2.24) is 15.3 Å². The molecule has 158 valence electrons. The summed E-state index contributed by atoms with van der Waals surface area (Å²) in [6.45, 7) is 1.98. The highest BCUT2D eigenvalue weighted by Gasteiger charge is 2.24. The molecule has 2 aromatic heterocycles. The van der Waals surface area contributed by atoms with Crippen LogP contribution in [0.15, 0.2) is 66.2 Å².